The van der Waals surface area contributed by atoms with Crippen LogP contribution in [0.25, 0.3) is 10.9 Å². The molecule has 0 unspecified atom stereocenters. The summed E-state index contributed by atoms with van der Waals surface area (Å²) in [4.78, 5) is 0. The second kappa shape index (κ2) is 5.59. The van der Waals surface area contributed by atoms with Gasteiger partial charge in [0.1, 0.15) is 0 Å². The Balaban J connectivity index is 1.84. The molecule has 0 saturated heterocycles. The van der Waals surface area contributed by atoms with E-state index in [0.29, 0.717) is 0 Å². The Morgan fingerprint density at radius 1 is 1.16 bits per heavy atom. The lowest BCUT2D eigenvalue weighted by Gasteiger charge is -2.06. The molecule has 19 heavy (non-hydrogen) atoms. The molecule has 2 nitrogen and oxygen atoms in total. The van der Waals surface area contributed by atoms with Crippen molar-refractivity contribution < 1.29 is 0 Å². The van der Waals surface area contributed by atoms with Crippen molar-refractivity contribution in [1.29, 1.82) is 0 Å². The zero-order chi connectivity index (χ0) is 13.1. The number of rotatable bonds is 5. The highest BCUT2D eigenvalue weighted by Crippen LogP contribution is 2.19. The van der Waals surface area contributed by atoms with Crippen LogP contribution in [0.4, 0.5) is 0 Å². The molecule has 0 aliphatic carbocycles. The van der Waals surface area contributed by atoms with E-state index in [4.69, 9.17) is 0 Å². The molecule has 0 amide bonds. The topological polar surface area (TPSA) is 17.0 Å². The molecule has 0 aliphatic rings. The zero-order valence-corrected chi connectivity index (χ0v) is 11.9. The van der Waals surface area contributed by atoms with Crippen LogP contribution in [0.2, 0.25) is 0 Å². The van der Waals surface area contributed by atoms with Gasteiger partial charge in [-0.1, -0.05) is 12.1 Å². The van der Waals surface area contributed by atoms with E-state index in [1.165, 1.54) is 22.0 Å². The van der Waals surface area contributed by atoms with Crippen molar-refractivity contribution in [2.24, 2.45) is 0 Å². The average molecular weight is 270 g/mol. The van der Waals surface area contributed by atoms with Crippen LogP contribution in [0.1, 0.15) is 11.1 Å². The number of aromatic nitrogens is 1. The summed E-state index contributed by atoms with van der Waals surface area (Å²) in [5.41, 5.74) is 4.10. The lowest BCUT2D eigenvalue weighted by molar-refractivity contribution is 0.723. The monoisotopic (exact) mass is 270 g/mol. The van der Waals surface area contributed by atoms with Gasteiger partial charge in [-0.15, -0.1) is 0 Å². The molecular formula is C16H18N2S. The summed E-state index contributed by atoms with van der Waals surface area (Å²) in [5, 5.41) is 8.91. The Hall–Kier alpha value is -1.58. The van der Waals surface area contributed by atoms with Crippen molar-refractivity contribution in [3.63, 3.8) is 0 Å². The lowest BCUT2D eigenvalue weighted by atomic mass is 10.1. The Kier molecular flexibility index (Phi) is 3.67. The zero-order valence-electron chi connectivity index (χ0n) is 11.1. The Bertz CT molecular complexity index is 653. The van der Waals surface area contributed by atoms with E-state index >= 15 is 0 Å². The number of fused-ring (bicyclic) bond motifs is 1. The molecule has 1 aromatic carbocycles. The number of nitrogens with one attached hydrogen (secondary N) is 1. The van der Waals surface area contributed by atoms with Crippen LogP contribution in [-0.2, 0) is 19.5 Å². The fourth-order valence-electron chi connectivity index (χ4n) is 2.42. The van der Waals surface area contributed by atoms with Gasteiger partial charge in [0.15, 0.2) is 0 Å². The maximum atomic E-state index is 3.21. The molecule has 0 spiro atoms. The van der Waals surface area contributed by atoms with Crippen LogP contribution < -0.4 is 5.32 Å². The minimum Gasteiger partial charge on any atom is -0.347 e. The molecule has 0 radical (unpaired) electrons. The number of hydrogen-bond acceptors (Lipinski definition) is 2. The van der Waals surface area contributed by atoms with Gasteiger partial charge in [0.05, 0.1) is 0 Å². The van der Waals surface area contributed by atoms with Crippen LogP contribution >= 0.6 is 11.3 Å². The van der Waals surface area contributed by atoms with Gasteiger partial charge < -0.3 is 9.88 Å². The molecule has 0 bridgehead atoms. The van der Waals surface area contributed by atoms with Crippen LogP contribution in [0.5, 0.6) is 0 Å². The highest BCUT2D eigenvalue weighted by Gasteiger charge is 2.03. The van der Waals surface area contributed by atoms with E-state index < -0.39 is 0 Å². The quantitative estimate of drug-likeness (QED) is 0.748. The van der Waals surface area contributed by atoms with Crippen molar-refractivity contribution in [2.45, 2.75) is 19.5 Å². The number of benzene rings is 1. The molecule has 0 saturated carbocycles. The predicted octanol–water partition coefficient (Wildman–Crippen LogP) is 3.66. The van der Waals surface area contributed by atoms with Gasteiger partial charge in [0.25, 0.3) is 0 Å². The van der Waals surface area contributed by atoms with Gasteiger partial charge in [-0.3, -0.25) is 0 Å². The van der Waals surface area contributed by atoms with Crippen molar-refractivity contribution in [3.05, 3.63) is 58.4 Å². The summed E-state index contributed by atoms with van der Waals surface area (Å²) in [7, 11) is 1.99. The number of aryl methyl sites for hydroxylation is 2. The molecule has 98 valence electrons. The maximum Gasteiger partial charge on any atom is 0.0483 e. The third-order valence-corrected chi connectivity index (χ3v) is 4.17. The molecule has 3 heteroatoms. The standard InChI is InChI=1S/C16H18N2S/c1-17-11-14-2-3-15-5-8-18(16(15)10-14)7-4-13-6-9-19-12-13/h2-3,5-6,8-10,12,17H,4,7,11H2,1H3. The molecule has 0 fully saturated rings. The second-order valence-electron chi connectivity index (χ2n) is 4.81. The first-order chi connectivity index (χ1) is 9.36. The van der Waals surface area contributed by atoms with E-state index in [-0.39, 0.29) is 0 Å². The third kappa shape index (κ3) is 2.72. The normalized spacial score (nSPS) is 11.2. The van der Waals surface area contributed by atoms with Gasteiger partial charge in [-0.2, -0.15) is 11.3 Å². The molecule has 2 heterocycles. The van der Waals surface area contributed by atoms with Gasteiger partial charge in [0.2, 0.25) is 0 Å². The summed E-state index contributed by atoms with van der Waals surface area (Å²) in [6.45, 7) is 1.97. The Morgan fingerprint density at radius 3 is 2.89 bits per heavy atom. The fraction of sp³-hybridized carbons (Fsp3) is 0.250. The summed E-state index contributed by atoms with van der Waals surface area (Å²) >= 11 is 1.77. The molecule has 3 aromatic rings. The molecular weight excluding hydrogens is 252 g/mol. The minimum atomic E-state index is 0.922. The number of thiophene rings is 1. The van der Waals surface area contributed by atoms with Crippen LogP contribution in [-0.4, -0.2) is 11.6 Å². The molecule has 1 N–H and O–H groups in total. The second-order valence-corrected chi connectivity index (χ2v) is 5.59. The summed E-state index contributed by atoms with van der Waals surface area (Å²) in [6.07, 6.45) is 3.30. The first-order valence-electron chi connectivity index (χ1n) is 6.60. The summed E-state index contributed by atoms with van der Waals surface area (Å²) in [5.74, 6) is 0. The first kappa shape index (κ1) is 12.5. The van der Waals surface area contributed by atoms with E-state index in [2.05, 4.69) is 57.2 Å². The van der Waals surface area contributed by atoms with E-state index in [1.54, 1.807) is 11.3 Å². The summed E-state index contributed by atoms with van der Waals surface area (Å²) < 4.78 is 2.35. The highest BCUT2D eigenvalue weighted by molar-refractivity contribution is 7.07. The number of hydrogen-bond donors (Lipinski definition) is 1. The maximum absolute atomic E-state index is 3.21. The molecule has 2 aromatic heterocycles. The lowest BCUT2D eigenvalue weighted by Crippen LogP contribution is -2.05. The molecule has 0 atom stereocenters. The van der Waals surface area contributed by atoms with Crippen molar-refractivity contribution >= 4 is 22.2 Å². The number of nitrogens with zero attached hydrogens (tertiary/aromatic N) is 1. The van der Waals surface area contributed by atoms with Crippen molar-refractivity contribution in [1.82, 2.24) is 9.88 Å². The SMILES string of the molecule is CNCc1ccc2ccn(CCc3ccsc3)c2c1. The predicted molar refractivity (Wildman–Crippen MR) is 82.7 cm³/mol. The van der Waals surface area contributed by atoms with Crippen LogP contribution in [0.15, 0.2) is 47.3 Å². The summed E-state index contributed by atoms with van der Waals surface area (Å²) in [6, 6.07) is 11.1. The fourth-order valence-corrected chi connectivity index (χ4v) is 3.13. The van der Waals surface area contributed by atoms with Crippen LogP contribution in [0.3, 0.4) is 0 Å². The smallest absolute Gasteiger partial charge is 0.0483 e. The first-order valence-corrected chi connectivity index (χ1v) is 7.54. The Morgan fingerprint density at radius 2 is 2.11 bits per heavy atom. The largest absolute Gasteiger partial charge is 0.347 e. The Labute approximate surface area is 117 Å². The van der Waals surface area contributed by atoms with E-state index in [0.717, 1.165) is 19.5 Å². The molecule has 3 rings (SSSR count). The molecule has 0 aliphatic heterocycles. The van der Waals surface area contributed by atoms with Gasteiger partial charge in [0, 0.05) is 24.8 Å². The van der Waals surface area contributed by atoms with Gasteiger partial charge in [-0.25, -0.2) is 0 Å². The minimum absolute atomic E-state index is 0.922. The third-order valence-electron chi connectivity index (χ3n) is 3.44. The van der Waals surface area contributed by atoms with Crippen molar-refractivity contribution in [3.8, 4) is 0 Å². The van der Waals surface area contributed by atoms with Gasteiger partial charge in [-0.05, 0) is 58.9 Å². The van der Waals surface area contributed by atoms with Crippen molar-refractivity contribution in [2.75, 3.05) is 7.05 Å². The van der Waals surface area contributed by atoms with E-state index in [1.807, 2.05) is 7.05 Å². The van der Waals surface area contributed by atoms with E-state index in [9.17, 15) is 0 Å². The highest BCUT2D eigenvalue weighted by atomic mass is 32.1. The van der Waals surface area contributed by atoms with Gasteiger partial charge >= 0.3 is 0 Å². The average Bonchev–Trinajstić information content (AvgIpc) is 3.05. The van der Waals surface area contributed by atoms with Crippen LogP contribution in [0, 0.1) is 0 Å².